The molecule has 8 heteroatoms. The van der Waals surface area contributed by atoms with Gasteiger partial charge in [0.1, 0.15) is 0 Å². The third-order valence-electron chi connectivity index (χ3n) is 0.892. The summed E-state index contributed by atoms with van der Waals surface area (Å²) in [6.07, 6.45) is 0. The molecule has 4 N–H and O–H groups in total. The maximum absolute atomic E-state index is 10.9. The largest absolute Gasteiger partial charge is 0.350 e. The molecule has 0 aromatic carbocycles. The van der Waals surface area contributed by atoms with E-state index in [0.717, 1.165) is 11.5 Å². The summed E-state index contributed by atoms with van der Waals surface area (Å²) >= 11 is 1.04. The number of urea groups is 1. The Bertz CT molecular complexity index is 284. The zero-order chi connectivity index (χ0) is 8.97. The van der Waals surface area contributed by atoms with E-state index in [2.05, 4.69) is 9.59 Å². The monoisotopic (exact) mass is 187 g/mol. The van der Waals surface area contributed by atoms with E-state index in [9.17, 15) is 9.59 Å². The van der Waals surface area contributed by atoms with Gasteiger partial charge in [-0.05, 0) is 11.5 Å². The maximum atomic E-state index is 10.9. The van der Waals surface area contributed by atoms with Gasteiger partial charge in [-0.3, -0.25) is 10.2 Å². The second-order valence-electron chi connectivity index (χ2n) is 1.73. The standard InChI is InChI=1S/C4H5N5O2S/c5-4(11)8-7-3(10)2-1-12-9-6-2/h1H,(H,7,10)(H3,5,8,11). The molecule has 0 saturated carbocycles. The average molecular weight is 187 g/mol. The number of carbonyl (C=O) groups excluding carboxylic acids is 2. The molecule has 0 aliphatic heterocycles. The zero-order valence-electron chi connectivity index (χ0n) is 5.77. The molecule has 0 unspecified atom stereocenters. The van der Waals surface area contributed by atoms with Crippen molar-refractivity contribution in [2.24, 2.45) is 5.73 Å². The highest BCUT2D eigenvalue weighted by Crippen LogP contribution is 1.94. The fourth-order valence-corrected chi connectivity index (χ4v) is 0.882. The van der Waals surface area contributed by atoms with Crippen molar-refractivity contribution in [3.63, 3.8) is 0 Å². The zero-order valence-corrected chi connectivity index (χ0v) is 6.59. The molecule has 0 atom stereocenters. The van der Waals surface area contributed by atoms with Gasteiger partial charge in [-0.15, -0.1) is 5.10 Å². The van der Waals surface area contributed by atoms with E-state index in [1.165, 1.54) is 5.38 Å². The molecule has 1 heterocycles. The van der Waals surface area contributed by atoms with Crippen molar-refractivity contribution in [1.29, 1.82) is 0 Å². The van der Waals surface area contributed by atoms with Crippen LogP contribution in [0.3, 0.4) is 0 Å². The van der Waals surface area contributed by atoms with Gasteiger partial charge >= 0.3 is 6.03 Å². The molecule has 7 nitrogen and oxygen atoms in total. The van der Waals surface area contributed by atoms with Gasteiger partial charge in [0.2, 0.25) is 0 Å². The summed E-state index contributed by atoms with van der Waals surface area (Å²) in [6.45, 7) is 0. The fraction of sp³-hybridized carbons (Fsp3) is 0. The van der Waals surface area contributed by atoms with Crippen LogP contribution < -0.4 is 16.6 Å². The van der Waals surface area contributed by atoms with Crippen LogP contribution in [0.1, 0.15) is 10.5 Å². The predicted octanol–water partition coefficient (Wildman–Crippen LogP) is -1.15. The second kappa shape index (κ2) is 3.62. The Morgan fingerprint density at radius 2 is 2.25 bits per heavy atom. The number of aromatic nitrogens is 2. The van der Waals surface area contributed by atoms with E-state index in [-0.39, 0.29) is 5.69 Å². The molecular weight excluding hydrogens is 182 g/mol. The molecule has 0 saturated heterocycles. The third kappa shape index (κ3) is 2.16. The summed E-state index contributed by atoms with van der Waals surface area (Å²) < 4.78 is 3.46. The van der Waals surface area contributed by atoms with E-state index in [0.29, 0.717) is 0 Å². The first-order chi connectivity index (χ1) is 5.70. The highest BCUT2D eigenvalue weighted by atomic mass is 32.1. The lowest BCUT2D eigenvalue weighted by molar-refractivity contribution is 0.0932. The minimum absolute atomic E-state index is 0.133. The smallest absolute Gasteiger partial charge is 0.330 e. The van der Waals surface area contributed by atoms with E-state index in [1.54, 1.807) is 0 Å². The summed E-state index contributed by atoms with van der Waals surface area (Å²) in [6, 6.07) is -0.841. The van der Waals surface area contributed by atoms with Crippen LogP contribution in [-0.2, 0) is 0 Å². The molecule has 0 bridgehead atoms. The third-order valence-corrected chi connectivity index (χ3v) is 1.40. The number of nitrogens with zero attached hydrogens (tertiary/aromatic N) is 2. The summed E-state index contributed by atoms with van der Waals surface area (Å²) in [4.78, 5) is 21.1. The molecule has 0 fully saturated rings. The van der Waals surface area contributed by atoms with Gasteiger partial charge in [0, 0.05) is 5.38 Å². The number of rotatable bonds is 1. The van der Waals surface area contributed by atoms with Gasteiger partial charge in [-0.1, -0.05) is 4.49 Å². The van der Waals surface area contributed by atoms with Gasteiger partial charge < -0.3 is 5.73 Å². The molecule has 0 radical (unpaired) electrons. The van der Waals surface area contributed by atoms with Crippen LogP contribution >= 0.6 is 11.5 Å². The quantitative estimate of drug-likeness (QED) is 0.482. The molecule has 0 spiro atoms. The van der Waals surface area contributed by atoms with Gasteiger partial charge in [0.25, 0.3) is 5.91 Å². The van der Waals surface area contributed by atoms with E-state index in [4.69, 9.17) is 5.73 Å². The minimum atomic E-state index is -0.841. The van der Waals surface area contributed by atoms with Crippen LogP contribution in [0.4, 0.5) is 4.79 Å². The number of amides is 3. The molecule has 1 aromatic heterocycles. The number of nitrogens with one attached hydrogen (secondary N) is 2. The summed E-state index contributed by atoms with van der Waals surface area (Å²) in [5.41, 5.74) is 8.76. The van der Waals surface area contributed by atoms with Crippen LogP contribution in [0.5, 0.6) is 0 Å². The van der Waals surface area contributed by atoms with Crippen LogP contribution in [0.15, 0.2) is 5.38 Å². The van der Waals surface area contributed by atoms with Crippen LogP contribution in [0, 0.1) is 0 Å². The first-order valence-corrected chi connectivity index (χ1v) is 3.66. The Hall–Kier alpha value is -1.70. The summed E-state index contributed by atoms with van der Waals surface area (Å²) in [5.74, 6) is -0.553. The first-order valence-electron chi connectivity index (χ1n) is 2.83. The van der Waals surface area contributed by atoms with E-state index < -0.39 is 11.9 Å². The van der Waals surface area contributed by atoms with Crippen molar-refractivity contribution >= 4 is 23.5 Å². The SMILES string of the molecule is NC(=O)NNC(=O)c1csnn1. The number of hydrazine groups is 1. The molecule has 64 valence electrons. The topological polar surface area (TPSA) is 110 Å². The van der Waals surface area contributed by atoms with Gasteiger partial charge in [0.05, 0.1) is 0 Å². The summed E-state index contributed by atoms with van der Waals surface area (Å²) in [7, 11) is 0. The normalized spacial score (nSPS) is 9.00. The number of hydrogen-bond acceptors (Lipinski definition) is 5. The molecule has 12 heavy (non-hydrogen) atoms. The van der Waals surface area contributed by atoms with Crippen molar-refractivity contribution in [3.05, 3.63) is 11.1 Å². The highest BCUT2D eigenvalue weighted by molar-refractivity contribution is 7.03. The Balaban J connectivity index is 2.45. The second-order valence-corrected chi connectivity index (χ2v) is 2.34. The Labute approximate surface area is 71.1 Å². The predicted molar refractivity (Wildman–Crippen MR) is 40.1 cm³/mol. The Morgan fingerprint density at radius 1 is 1.50 bits per heavy atom. The average Bonchev–Trinajstić information content (AvgIpc) is 2.51. The van der Waals surface area contributed by atoms with Crippen LogP contribution in [0.2, 0.25) is 0 Å². The Kier molecular flexibility index (Phi) is 2.53. The van der Waals surface area contributed by atoms with Crippen LogP contribution in [0.25, 0.3) is 0 Å². The lowest BCUT2D eigenvalue weighted by atomic mass is 10.5. The van der Waals surface area contributed by atoms with Crippen molar-refractivity contribution in [3.8, 4) is 0 Å². The highest BCUT2D eigenvalue weighted by Gasteiger charge is 2.07. The molecular formula is C4H5N5O2S. The van der Waals surface area contributed by atoms with Crippen molar-refractivity contribution in [2.45, 2.75) is 0 Å². The molecule has 1 rings (SSSR count). The molecule has 0 aliphatic rings. The van der Waals surface area contributed by atoms with E-state index >= 15 is 0 Å². The molecule has 0 aliphatic carbocycles. The van der Waals surface area contributed by atoms with Crippen molar-refractivity contribution < 1.29 is 9.59 Å². The first kappa shape index (κ1) is 8.40. The number of nitrogens with two attached hydrogens (primary N) is 1. The minimum Gasteiger partial charge on any atom is -0.350 e. The number of hydrogen-bond donors (Lipinski definition) is 3. The van der Waals surface area contributed by atoms with Gasteiger partial charge in [-0.25, -0.2) is 10.2 Å². The molecule has 3 amide bonds. The van der Waals surface area contributed by atoms with Crippen molar-refractivity contribution in [1.82, 2.24) is 20.4 Å². The maximum Gasteiger partial charge on any atom is 0.330 e. The van der Waals surface area contributed by atoms with Gasteiger partial charge in [0.15, 0.2) is 5.69 Å². The number of primary amides is 1. The number of carbonyl (C=O) groups is 2. The Morgan fingerprint density at radius 3 is 2.75 bits per heavy atom. The fourth-order valence-electron chi connectivity index (χ4n) is 0.446. The lowest BCUT2D eigenvalue weighted by Gasteiger charge is -2.00. The molecule has 1 aromatic rings. The van der Waals surface area contributed by atoms with Crippen molar-refractivity contribution in [2.75, 3.05) is 0 Å². The summed E-state index contributed by atoms with van der Waals surface area (Å²) in [5, 5.41) is 4.90. The lowest BCUT2D eigenvalue weighted by Crippen LogP contribution is -2.44. The van der Waals surface area contributed by atoms with Crippen LogP contribution in [-0.4, -0.2) is 21.5 Å². The van der Waals surface area contributed by atoms with Gasteiger partial charge in [-0.2, -0.15) is 0 Å². The van der Waals surface area contributed by atoms with E-state index in [1.807, 2.05) is 10.9 Å².